The molecule has 36 heavy (non-hydrogen) atoms. The van der Waals surface area contributed by atoms with E-state index in [0.717, 1.165) is 49.5 Å². The molecule has 0 amide bonds. The first kappa shape index (κ1) is 22.8. The summed E-state index contributed by atoms with van der Waals surface area (Å²) in [7, 11) is 4.04. The Morgan fingerprint density at radius 2 is 0.972 bits per heavy atom. The van der Waals surface area contributed by atoms with Gasteiger partial charge < -0.3 is 10.0 Å². The first-order valence-electron chi connectivity index (χ1n) is 11.6. The highest BCUT2D eigenvalue weighted by atomic mass is 16.4. The van der Waals surface area contributed by atoms with Crippen LogP contribution in [0.1, 0.15) is 32.6 Å². The number of carboxylic acid groups (broad SMARTS) is 1. The van der Waals surface area contributed by atoms with Gasteiger partial charge in [-0.1, -0.05) is 72.2 Å². The molecule has 0 aliphatic heterocycles. The van der Waals surface area contributed by atoms with Crippen molar-refractivity contribution < 1.29 is 9.90 Å². The molecule has 5 aromatic carbocycles. The maximum atomic E-state index is 11.2. The SMILES string of the molecule is CN(C)c1ccc(C#Cc2c3ccccc3c(C#Cc3ccc(C(=O)O)cc3)c3ccccc23)cc1. The lowest BCUT2D eigenvalue weighted by atomic mass is 9.92. The van der Waals surface area contributed by atoms with E-state index >= 15 is 0 Å². The second-order valence-corrected chi connectivity index (χ2v) is 8.66. The zero-order valence-electron chi connectivity index (χ0n) is 20.0. The second-order valence-electron chi connectivity index (χ2n) is 8.66. The summed E-state index contributed by atoms with van der Waals surface area (Å²) in [4.78, 5) is 13.2. The molecule has 5 rings (SSSR count). The standard InChI is InChI=1S/C33H23NO2/c1-34(2)26-19-13-24(14-20-26)16-22-32-29-9-5-3-7-27(29)31(28-8-4-6-10-30(28)32)21-15-23-11-17-25(18-12-23)33(35)36/h3-14,17-20H,1-2H3,(H,35,36). The number of carboxylic acids is 1. The fourth-order valence-electron chi connectivity index (χ4n) is 4.21. The van der Waals surface area contributed by atoms with Gasteiger partial charge >= 0.3 is 5.97 Å². The Kier molecular flexibility index (Phi) is 6.14. The molecule has 0 heterocycles. The van der Waals surface area contributed by atoms with Crippen molar-refractivity contribution in [1.29, 1.82) is 0 Å². The van der Waals surface area contributed by atoms with Gasteiger partial charge in [-0.05, 0) is 70.1 Å². The van der Waals surface area contributed by atoms with Crippen LogP contribution in [-0.4, -0.2) is 25.2 Å². The van der Waals surface area contributed by atoms with Crippen LogP contribution >= 0.6 is 0 Å². The van der Waals surface area contributed by atoms with Crippen molar-refractivity contribution in [3.8, 4) is 23.7 Å². The molecule has 3 heteroatoms. The number of benzene rings is 5. The number of hydrogen-bond donors (Lipinski definition) is 1. The Hall–Kier alpha value is -4.99. The van der Waals surface area contributed by atoms with E-state index in [2.05, 4.69) is 65.0 Å². The number of rotatable bonds is 2. The summed E-state index contributed by atoms with van der Waals surface area (Å²) in [6.45, 7) is 0. The first-order valence-corrected chi connectivity index (χ1v) is 11.6. The summed E-state index contributed by atoms with van der Waals surface area (Å²) in [5, 5.41) is 13.3. The molecule has 0 bridgehead atoms. The van der Waals surface area contributed by atoms with E-state index < -0.39 is 5.97 Å². The van der Waals surface area contributed by atoms with Gasteiger partial charge in [0.2, 0.25) is 0 Å². The van der Waals surface area contributed by atoms with Gasteiger partial charge in [0.1, 0.15) is 0 Å². The molecule has 1 N–H and O–H groups in total. The highest BCUT2D eigenvalue weighted by molar-refractivity contribution is 6.09. The highest BCUT2D eigenvalue weighted by Gasteiger charge is 2.11. The lowest BCUT2D eigenvalue weighted by Crippen LogP contribution is -2.07. The van der Waals surface area contributed by atoms with Crippen molar-refractivity contribution in [1.82, 2.24) is 0 Å². The van der Waals surface area contributed by atoms with Crippen LogP contribution in [0.25, 0.3) is 21.5 Å². The van der Waals surface area contributed by atoms with Crippen molar-refractivity contribution in [2.45, 2.75) is 0 Å². The molecule has 0 saturated heterocycles. The largest absolute Gasteiger partial charge is 0.478 e. The Morgan fingerprint density at radius 3 is 1.33 bits per heavy atom. The Bertz CT molecular complexity index is 1670. The molecule has 0 aliphatic carbocycles. The van der Waals surface area contributed by atoms with Crippen molar-refractivity contribution >= 4 is 33.2 Å². The molecular formula is C33H23NO2. The van der Waals surface area contributed by atoms with Gasteiger partial charge in [-0.2, -0.15) is 0 Å². The number of carbonyl (C=O) groups is 1. The topological polar surface area (TPSA) is 40.5 Å². The van der Waals surface area contributed by atoms with Crippen molar-refractivity contribution in [3.05, 3.63) is 125 Å². The second kappa shape index (κ2) is 9.71. The summed E-state index contributed by atoms with van der Waals surface area (Å²) in [5.41, 5.74) is 5.02. The van der Waals surface area contributed by atoms with Crippen molar-refractivity contribution in [3.63, 3.8) is 0 Å². The quantitative estimate of drug-likeness (QED) is 0.237. The maximum Gasteiger partial charge on any atom is 0.335 e. The van der Waals surface area contributed by atoms with E-state index in [9.17, 15) is 4.79 Å². The van der Waals surface area contributed by atoms with Crippen LogP contribution in [0.3, 0.4) is 0 Å². The Labute approximate surface area is 210 Å². The van der Waals surface area contributed by atoms with Gasteiger partial charge in [0.15, 0.2) is 0 Å². The fraction of sp³-hybridized carbons (Fsp3) is 0.0606. The van der Waals surface area contributed by atoms with Crippen LogP contribution in [0.15, 0.2) is 97.1 Å². The van der Waals surface area contributed by atoms with Gasteiger partial charge in [-0.3, -0.25) is 0 Å². The minimum atomic E-state index is -0.947. The Morgan fingerprint density at radius 1 is 0.583 bits per heavy atom. The minimum absolute atomic E-state index is 0.246. The van der Waals surface area contributed by atoms with E-state index in [1.165, 1.54) is 0 Å². The van der Waals surface area contributed by atoms with E-state index in [4.69, 9.17) is 5.11 Å². The molecule has 5 aromatic rings. The molecular weight excluding hydrogens is 442 g/mol. The smallest absolute Gasteiger partial charge is 0.335 e. The number of anilines is 1. The maximum absolute atomic E-state index is 11.2. The molecule has 0 aromatic heterocycles. The predicted molar refractivity (Wildman–Crippen MR) is 148 cm³/mol. The molecule has 0 atom stereocenters. The molecule has 3 nitrogen and oxygen atoms in total. The normalized spacial score (nSPS) is 10.3. The van der Waals surface area contributed by atoms with Crippen molar-refractivity contribution in [2.75, 3.05) is 19.0 Å². The molecule has 0 saturated carbocycles. The lowest BCUT2D eigenvalue weighted by molar-refractivity contribution is 0.0697. The van der Waals surface area contributed by atoms with Gasteiger partial charge in [0, 0.05) is 42.0 Å². The summed E-state index contributed by atoms with van der Waals surface area (Å²) < 4.78 is 0. The zero-order valence-corrected chi connectivity index (χ0v) is 20.0. The molecule has 0 unspecified atom stereocenters. The summed E-state index contributed by atoms with van der Waals surface area (Å²) in [5.74, 6) is 12.4. The van der Waals surface area contributed by atoms with E-state index in [-0.39, 0.29) is 5.56 Å². The first-order chi connectivity index (χ1) is 17.5. The van der Waals surface area contributed by atoms with Crippen LogP contribution in [-0.2, 0) is 0 Å². The average molecular weight is 466 g/mol. The van der Waals surface area contributed by atoms with E-state index in [1.54, 1.807) is 24.3 Å². The van der Waals surface area contributed by atoms with Crippen LogP contribution in [0, 0.1) is 23.7 Å². The fourth-order valence-corrected chi connectivity index (χ4v) is 4.21. The summed E-state index contributed by atoms with van der Waals surface area (Å²) in [6.07, 6.45) is 0. The van der Waals surface area contributed by atoms with Crippen LogP contribution in [0.4, 0.5) is 5.69 Å². The summed E-state index contributed by atoms with van der Waals surface area (Å²) >= 11 is 0. The zero-order chi connectivity index (χ0) is 25.1. The van der Waals surface area contributed by atoms with Crippen molar-refractivity contribution in [2.24, 2.45) is 0 Å². The van der Waals surface area contributed by atoms with E-state index in [1.807, 2.05) is 50.5 Å². The molecule has 0 aliphatic rings. The molecule has 0 fully saturated rings. The third kappa shape index (κ3) is 4.51. The lowest BCUT2D eigenvalue weighted by Gasteiger charge is -2.11. The van der Waals surface area contributed by atoms with E-state index in [0.29, 0.717) is 0 Å². The number of nitrogens with zero attached hydrogens (tertiary/aromatic N) is 1. The molecule has 0 spiro atoms. The van der Waals surface area contributed by atoms with Gasteiger partial charge in [0.25, 0.3) is 0 Å². The number of aromatic carboxylic acids is 1. The third-order valence-corrected chi connectivity index (χ3v) is 6.11. The predicted octanol–water partition coefficient (Wildman–Crippen LogP) is 6.56. The average Bonchev–Trinajstić information content (AvgIpc) is 2.91. The minimum Gasteiger partial charge on any atom is -0.478 e. The number of hydrogen-bond acceptors (Lipinski definition) is 2. The van der Waals surface area contributed by atoms with Crippen LogP contribution in [0.2, 0.25) is 0 Å². The Balaban J connectivity index is 1.66. The molecule has 172 valence electrons. The third-order valence-electron chi connectivity index (χ3n) is 6.11. The van der Waals surface area contributed by atoms with Gasteiger partial charge in [-0.25, -0.2) is 4.79 Å². The van der Waals surface area contributed by atoms with Gasteiger partial charge in [0.05, 0.1) is 5.56 Å². The summed E-state index contributed by atoms with van der Waals surface area (Å²) in [6, 6.07) is 31.3. The van der Waals surface area contributed by atoms with Crippen LogP contribution < -0.4 is 4.90 Å². The highest BCUT2D eigenvalue weighted by Crippen LogP contribution is 2.32. The molecule has 0 radical (unpaired) electrons. The van der Waals surface area contributed by atoms with Gasteiger partial charge in [-0.15, -0.1) is 0 Å². The number of fused-ring (bicyclic) bond motifs is 2. The van der Waals surface area contributed by atoms with Crippen LogP contribution in [0.5, 0.6) is 0 Å². The monoisotopic (exact) mass is 465 g/mol.